The van der Waals surface area contributed by atoms with Gasteiger partial charge in [-0.1, -0.05) is 26.8 Å². The van der Waals surface area contributed by atoms with Gasteiger partial charge in [0.25, 0.3) is 0 Å². The maximum Gasteiger partial charge on any atom is 0.129 e. The predicted molar refractivity (Wildman–Crippen MR) is 86.6 cm³/mol. The Bertz CT molecular complexity index is 622. The molecule has 1 heterocycles. The fourth-order valence-electron chi connectivity index (χ4n) is 3.37. The molecule has 1 aromatic carbocycles. The van der Waals surface area contributed by atoms with Crippen molar-refractivity contribution in [1.29, 1.82) is 0 Å². The molecule has 3 unspecified atom stereocenters. The van der Waals surface area contributed by atoms with Crippen LogP contribution in [0.3, 0.4) is 0 Å². The fraction of sp³-hybridized carbons (Fsp3) is 0.500. The van der Waals surface area contributed by atoms with E-state index in [1.807, 2.05) is 24.4 Å². The predicted octanol–water partition coefficient (Wildman–Crippen LogP) is 3.78. The maximum absolute atomic E-state index is 6.37. The summed E-state index contributed by atoms with van der Waals surface area (Å²) in [5.74, 6) is 0.959. The van der Waals surface area contributed by atoms with Crippen LogP contribution < -0.4 is 10.1 Å². The summed E-state index contributed by atoms with van der Waals surface area (Å²) >= 11 is 0. The number of nitrogens with one attached hydrogen (secondary N) is 1. The number of fused-ring (bicyclic) bond motifs is 1. The van der Waals surface area contributed by atoms with Crippen molar-refractivity contribution in [2.75, 3.05) is 6.54 Å². The lowest BCUT2D eigenvalue weighted by atomic mass is 9.61. The second-order valence-electron chi connectivity index (χ2n) is 6.14. The Morgan fingerprint density at radius 1 is 1.29 bits per heavy atom. The van der Waals surface area contributed by atoms with E-state index in [0.717, 1.165) is 36.0 Å². The number of benzene rings is 1. The van der Waals surface area contributed by atoms with Crippen LogP contribution in [-0.2, 0) is 0 Å². The standard InChI is InChI=1S/C18H24N2O/c1-4-18(3)16(19-5-2)12-17(18)21-15-10-6-9-14-13(15)8-7-11-20-14/h6-11,16-17,19H,4-5,12H2,1-3H3. The van der Waals surface area contributed by atoms with E-state index in [-0.39, 0.29) is 11.5 Å². The molecule has 21 heavy (non-hydrogen) atoms. The highest BCUT2D eigenvalue weighted by atomic mass is 16.5. The maximum atomic E-state index is 6.37. The second kappa shape index (κ2) is 5.64. The van der Waals surface area contributed by atoms with Gasteiger partial charge in [-0.3, -0.25) is 4.98 Å². The summed E-state index contributed by atoms with van der Waals surface area (Å²) in [5.41, 5.74) is 1.20. The molecule has 0 saturated heterocycles. The van der Waals surface area contributed by atoms with E-state index in [9.17, 15) is 0 Å². The van der Waals surface area contributed by atoms with Crippen molar-refractivity contribution in [1.82, 2.24) is 10.3 Å². The van der Waals surface area contributed by atoms with Gasteiger partial charge in [-0.05, 0) is 37.2 Å². The molecule has 1 aliphatic rings. The summed E-state index contributed by atoms with van der Waals surface area (Å²) in [4.78, 5) is 4.40. The van der Waals surface area contributed by atoms with Crippen LogP contribution in [0.25, 0.3) is 10.9 Å². The third-order valence-corrected chi connectivity index (χ3v) is 5.07. The normalized spacial score (nSPS) is 28.3. The van der Waals surface area contributed by atoms with Crippen LogP contribution in [0.15, 0.2) is 36.5 Å². The van der Waals surface area contributed by atoms with Gasteiger partial charge >= 0.3 is 0 Å². The molecule has 3 atom stereocenters. The number of ether oxygens (including phenoxy) is 1. The molecule has 2 aromatic rings. The van der Waals surface area contributed by atoms with E-state index < -0.39 is 0 Å². The molecule has 3 rings (SSSR count). The highest BCUT2D eigenvalue weighted by Gasteiger charge is 2.51. The Labute approximate surface area is 126 Å². The molecule has 3 nitrogen and oxygen atoms in total. The summed E-state index contributed by atoms with van der Waals surface area (Å²) in [7, 11) is 0. The molecular formula is C18H24N2O. The Kier molecular flexibility index (Phi) is 3.85. The Morgan fingerprint density at radius 2 is 2.14 bits per heavy atom. The van der Waals surface area contributed by atoms with E-state index in [1.165, 1.54) is 0 Å². The molecule has 0 aliphatic heterocycles. The average Bonchev–Trinajstić information content (AvgIpc) is 2.53. The first-order chi connectivity index (χ1) is 10.2. The van der Waals surface area contributed by atoms with Gasteiger partial charge in [0.1, 0.15) is 11.9 Å². The van der Waals surface area contributed by atoms with Crippen LogP contribution in [0.4, 0.5) is 0 Å². The van der Waals surface area contributed by atoms with Gasteiger partial charge < -0.3 is 10.1 Å². The first-order valence-corrected chi connectivity index (χ1v) is 7.92. The second-order valence-corrected chi connectivity index (χ2v) is 6.14. The lowest BCUT2D eigenvalue weighted by molar-refractivity contribution is -0.0689. The van der Waals surface area contributed by atoms with Gasteiger partial charge in [0.15, 0.2) is 0 Å². The van der Waals surface area contributed by atoms with Gasteiger partial charge in [0.2, 0.25) is 0 Å². The summed E-state index contributed by atoms with van der Waals surface area (Å²) in [5, 5.41) is 4.69. The van der Waals surface area contributed by atoms with Crippen molar-refractivity contribution < 1.29 is 4.74 Å². The van der Waals surface area contributed by atoms with E-state index >= 15 is 0 Å². The molecule has 0 bridgehead atoms. The quantitative estimate of drug-likeness (QED) is 0.907. The van der Waals surface area contributed by atoms with Crippen LogP contribution in [-0.4, -0.2) is 23.7 Å². The fourth-order valence-corrected chi connectivity index (χ4v) is 3.37. The first kappa shape index (κ1) is 14.3. The highest BCUT2D eigenvalue weighted by Crippen LogP contribution is 2.46. The molecule has 0 radical (unpaired) electrons. The van der Waals surface area contributed by atoms with Crippen LogP contribution in [0.2, 0.25) is 0 Å². The highest BCUT2D eigenvalue weighted by molar-refractivity contribution is 5.84. The topological polar surface area (TPSA) is 34.1 Å². The van der Waals surface area contributed by atoms with Gasteiger partial charge in [0, 0.05) is 29.5 Å². The van der Waals surface area contributed by atoms with Crippen LogP contribution in [0, 0.1) is 5.41 Å². The molecule has 1 aliphatic carbocycles. The van der Waals surface area contributed by atoms with E-state index in [2.05, 4.69) is 43.2 Å². The minimum absolute atomic E-state index is 0.209. The van der Waals surface area contributed by atoms with Crippen LogP contribution >= 0.6 is 0 Å². The van der Waals surface area contributed by atoms with Gasteiger partial charge in [0.05, 0.1) is 5.52 Å². The molecule has 0 spiro atoms. The monoisotopic (exact) mass is 284 g/mol. The lowest BCUT2D eigenvalue weighted by Crippen LogP contribution is -2.63. The first-order valence-electron chi connectivity index (χ1n) is 7.92. The summed E-state index contributed by atoms with van der Waals surface area (Å²) in [6.45, 7) is 7.77. The summed E-state index contributed by atoms with van der Waals surface area (Å²) in [6, 6.07) is 10.7. The zero-order valence-electron chi connectivity index (χ0n) is 13.1. The average molecular weight is 284 g/mol. The molecule has 1 N–H and O–H groups in total. The Morgan fingerprint density at radius 3 is 2.90 bits per heavy atom. The largest absolute Gasteiger partial charge is 0.489 e. The zero-order chi connectivity index (χ0) is 14.9. The smallest absolute Gasteiger partial charge is 0.129 e. The molecule has 1 aromatic heterocycles. The van der Waals surface area contributed by atoms with E-state index in [0.29, 0.717) is 6.04 Å². The SMILES string of the molecule is CCNC1CC(Oc2cccc3ncccc23)C1(C)CC. The van der Waals surface area contributed by atoms with Crippen LogP contribution in [0.1, 0.15) is 33.6 Å². The zero-order valence-corrected chi connectivity index (χ0v) is 13.1. The van der Waals surface area contributed by atoms with Crippen molar-refractivity contribution in [3.05, 3.63) is 36.5 Å². The third kappa shape index (κ3) is 2.40. The molecule has 112 valence electrons. The minimum atomic E-state index is 0.209. The van der Waals surface area contributed by atoms with E-state index in [1.54, 1.807) is 0 Å². The lowest BCUT2D eigenvalue weighted by Gasteiger charge is -2.53. The summed E-state index contributed by atoms with van der Waals surface area (Å²) < 4.78 is 6.37. The molecular weight excluding hydrogens is 260 g/mol. The van der Waals surface area contributed by atoms with Gasteiger partial charge in [-0.15, -0.1) is 0 Å². The number of rotatable bonds is 5. The van der Waals surface area contributed by atoms with E-state index in [4.69, 9.17) is 4.74 Å². The molecule has 3 heteroatoms. The Balaban J connectivity index is 1.83. The number of nitrogens with zero attached hydrogens (tertiary/aromatic N) is 1. The summed E-state index contributed by atoms with van der Waals surface area (Å²) in [6.07, 6.45) is 4.30. The molecule has 1 saturated carbocycles. The number of aromatic nitrogens is 1. The van der Waals surface area contributed by atoms with Crippen molar-refractivity contribution >= 4 is 10.9 Å². The van der Waals surface area contributed by atoms with Crippen molar-refractivity contribution in [2.45, 2.75) is 45.8 Å². The molecule has 0 amide bonds. The number of hydrogen-bond acceptors (Lipinski definition) is 3. The Hall–Kier alpha value is -1.61. The van der Waals surface area contributed by atoms with Crippen molar-refractivity contribution in [3.8, 4) is 5.75 Å². The van der Waals surface area contributed by atoms with Gasteiger partial charge in [-0.25, -0.2) is 0 Å². The minimum Gasteiger partial charge on any atom is -0.489 e. The number of pyridine rings is 1. The van der Waals surface area contributed by atoms with Crippen LogP contribution in [0.5, 0.6) is 5.75 Å². The van der Waals surface area contributed by atoms with Crippen molar-refractivity contribution in [3.63, 3.8) is 0 Å². The number of hydrogen-bond donors (Lipinski definition) is 1. The van der Waals surface area contributed by atoms with Gasteiger partial charge in [-0.2, -0.15) is 0 Å². The van der Waals surface area contributed by atoms with Crippen molar-refractivity contribution in [2.24, 2.45) is 5.41 Å². The molecule has 1 fully saturated rings. The third-order valence-electron chi connectivity index (χ3n) is 5.07.